The van der Waals surface area contributed by atoms with E-state index in [4.69, 9.17) is 0 Å². The summed E-state index contributed by atoms with van der Waals surface area (Å²) in [5.74, 6) is 0. The van der Waals surface area contributed by atoms with Gasteiger partial charge in [0.05, 0.1) is 14.8 Å². The molecule has 0 amide bonds. The first-order chi connectivity index (χ1) is 10.6. The van der Waals surface area contributed by atoms with Crippen LogP contribution in [0.5, 0.6) is 0 Å². The molecule has 1 aliphatic rings. The van der Waals surface area contributed by atoms with Crippen LogP contribution in [-0.2, 0) is 5.41 Å². The molecule has 108 valence electrons. The quantitative estimate of drug-likeness (QED) is 0.346. The Labute approximate surface area is 141 Å². The van der Waals surface area contributed by atoms with Crippen LogP contribution < -0.4 is 0 Å². The van der Waals surface area contributed by atoms with E-state index in [0.717, 1.165) is 0 Å². The number of thiophene rings is 1. The Morgan fingerprint density at radius 1 is 0.955 bits per heavy atom. The molecular weight excluding hydrogens is 354 g/mol. The lowest BCUT2D eigenvalue weighted by atomic mass is 9.76. The molecule has 0 unspecified atom stereocenters. The monoisotopic (exact) mass is 367 g/mol. The largest absolute Gasteiger partial charge is 0.300 e. The van der Waals surface area contributed by atoms with Gasteiger partial charge in [-0.2, -0.15) is 0 Å². The maximum absolute atomic E-state index is 3.69. The van der Waals surface area contributed by atoms with Gasteiger partial charge in [-0.15, -0.1) is 11.3 Å². The molecule has 1 aliphatic heterocycles. The Kier molecular flexibility index (Phi) is 2.37. The number of hydrogen-bond donors (Lipinski definition) is 0. The third kappa shape index (κ3) is 1.39. The predicted octanol–water partition coefficient (Wildman–Crippen LogP) is 6.25. The van der Waals surface area contributed by atoms with Crippen LogP contribution in [0.1, 0.15) is 25.0 Å². The minimum atomic E-state index is 0.0295. The lowest BCUT2D eigenvalue weighted by Crippen LogP contribution is -2.24. The molecule has 0 bridgehead atoms. The molecule has 1 nitrogen and oxygen atoms in total. The molecule has 2 aromatic carbocycles. The van der Waals surface area contributed by atoms with Crippen molar-refractivity contribution in [1.82, 2.24) is 4.57 Å². The topological polar surface area (TPSA) is 4.93 Å². The minimum absolute atomic E-state index is 0.0295. The van der Waals surface area contributed by atoms with E-state index in [1.54, 1.807) is 0 Å². The normalized spacial score (nSPS) is 15.4. The number of fused-ring (bicyclic) bond motifs is 5. The molecule has 3 heteroatoms. The first-order valence-electron chi connectivity index (χ1n) is 7.42. The van der Waals surface area contributed by atoms with Crippen molar-refractivity contribution in [2.75, 3.05) is 0 Å². The van der Waals surface area contributed by atoms with Crippen LogP contribution in [0.15, 0.2) is 52.3 Å². The van der Waals surface area contributed by atoms with Gasteiger partial charge in [0, 0.05) is 16.2 Å². The van der Waals surface area contributed by atoms with Gasteiger partial charge in [0.2, 0.25) is 0 Å². The zero-order chi connectivity index (χ0) is 15.1. The van der Waals surface area contributed by atoms with Gasteiger partial charge in [0.25, 0.3) is 0 Å². The van der Waals surface area contributed by atoms with Crippen molar-refractivity contribution >= 4 is 49.1 Å². The summed E-state index contributed by atoms with van der Waals surface area (Å²) in [6.45, 7) is 4.67. The van der Waals surface area contributed by atoms with Crippen molar-refractivity contribution < 1.29 is 0 Å². The minimum Gasteiger partial charge on any atom is -0.300 e. The van der Waals surface area contributed by atoms with E-state index < -0.39 is 0 Å². The summed E-state index contributed by atoms with van der Waals surface area (Å²) in [5, 5.41) is 4.05. The molecule has 0 radical (unpaired) electrons. The first kappa shape index (κ1) is 12.9. The zero-order valence-electron chi connectivity index (χ0n) is 12.4. The van der Waals surface area contributed by atoms with Crippen LogP contribution in [-0.4, -0.2) is 4.57 Å². The summed E-state index contributed by atoms with van der Waals surface area (Å²) in [6.07, 6.45) is 0. The highest BCUT2D eigenvalue weighted by Gasteiger charge is 2.36. The Morgan fingerprint density at radius 2 is 1.73 bits per heavy atom. The highest BCUT2D eigenvalue weighted by Crippen LogP contribution is 2.50. The number of para-hydroxylation sites is 2. The number of rotatable bonds is 0. The summed E-state index contributed by atoms with van der Waals surface area (Å²) in [5.41, 5.74) is 5.53. The van der Waals surface area contributed by atoms with E-state index in [0.29, 0.717) is 0 Å². The van der Waals surface area contributed by atoms with Crippen LogP contribution in [0.4, 0.5) is 0 Å². The molecule has 3 heterocycles. The van der Waals surface area contributed by atoms with E-state index >= 15 is 0 Å². The van der Waals surface area contributed by atoms with E-state index in [9.17, 15) is 0 Å². The van der Waals surface area contributed by atoms with E-state index in [1.807, 2.05) is 11.3 Å². The SMILES string of the molecule is CC1(C)c2cc(Br)sc2-n2c3ccccc3c3cccc1c32. The standard InChI is InChI=1S/C19H14BrNS/c1-19(2)13-8-5-7-12-11-6-3-4-9-15(11)21(17(12)13)18-14(19)10-16(20)22-18/h3-10H,1-2H3. The molecule has 4 aromatic rings. The molecule has 0 atom stereocenters. The van der Waals surface area contributed by atoms with Gasteiger partial charge in [-0.1, -0.05) is 50.2 Å². The Morgan fingerprint density at radius 3 is 2.59 bits per heavy atom. The van der Waals surface area contributed by atoms with Gasteiger partial charge >= 0.3 is 0 Å². The van der Waals surface area contributed by atoms with Gasteiger partial charge in [0.15, 0.2) is 0 Å². The van der Waals surface area contributed by atoms with Gasteiger partial charge in [0.1, 0.15) is 5.00 Å². The maximum atomic E-state index is 3.69. The molecule has 0 N–H and O–H groups in total. The van der Waals surface area contributed by atoms with E-state index in [2.05, 4.69) is 82.9 Å². The Bertz CT molecular complexity index is 1070. The number of aromatic nitrogens is 1. The van der Waals surface area contributed by atoms with Crippen LogP contribution >= 0.6 is 27.3 Å². The van der Waals surface area contributed by atoms with Crippen LogP contribution in [0.25, 0.3) is 26.8 Å². The van der Waals surface area contributed by atoms with Crippen molar-refractivity contribution in [3.63, 3.8) is 0 Å². The summed E-state index contributed by atoms with van der Waals surface area (Å²) in [6, 6.07) is 17.7. The first-order valence-corrected chi connectivity index (χ1v) is 9.03. The average Bonchev–Trinajstić information content (AvgIpc) is 3.04. The summed E-state index contributed by atoms with van der Waals surface area (Å²) >= 11 is 5.52. The number of nitrogens with zero attached hydrogens (tertiary/aromatic N) is 1. The summed E-state index contributed by atoms with van der Waals surface area (Å²) in [4.78, 5) is 0. The van der Waals surface area contributed by atoms with Gasteiger partial charge in [-0.3, -0.25) is 0 Å². The smallest absolute Gasteiger partial charge is 0.105 e. The van der Waals surface area contributed by atoms with Crippen molar-refractivity contribution in [3.05, 3.63) is 63.4 Å². The molecule has 5 rings (SSSR count). The lowest BCUT2D eigenvalue weighted by Gasteiger charge is -2.32. The maximum Gasteiger partial charge on any atom is 0.105 e. The van der Waals surface area contributed by atoms with E-state index in [1.165, 1.54) is 41.7 Å². The molecule has 0 fully saturated rings. The Hall–Kier alpha value is -1.58. The molecule has 0 saturated carbocycles. The van der Waals surface area contributed by atoms with Gasteiger partial charge in [-0.05, 0) is 39.2 Å². The second-order valence-electron chi connectivity index (χ2n) is 6.45. The fourth-order valence-electron chi connectivity index (χ4n) is 3.84. The second kappa shape index (κ2) is 4.03. The molecule has 2 aromatic heterocycles. The molecule has 0 saturated heterocycles. The third-order valence-corrected chi connectivity index (χ3v) is 6.55. The van der Waals surface area contributed by atoms with Crippen molar-refractivity contribution in [2.45, 2.75) is 19.3 Å². The molecule has 22 heavy (non-hydrogen) atoms. The fourth-order valence-corrected chi connectivity index (χ4v) is 5.60. The Balaban J connectivity index is 2.14. The third-order valence-electron chi connectivity index (χ3n) is 4.93. The highest BCUT2D eigenvalue weighted by molar-refractivity contribution is 9.11. The molecule has 0 spiro atoms. The zero-order valence-corrected chi connectivity index (χ0v) is 14.8. The van der Waals surface area contributed by atoms with Crippen molar-refractivity contribution in [3.8, 4) is 5.00 Å². The average molecular weight is 368 g/mol. The van der Waals surface area contributed by atoms with E-state index in [-0.39, 0.29) is 5.41 Å². The highest BCUT2D eigenvalue weighted by atomic mass is 79.9. The van der Waals surface area contributed by atoms with Gasteiger partial charge in [-0.25, -0.2) is 0 Å². The number of halogens is 1. The van der Waals surface area contributed by atoms with Crippen LogP contribution in [0.2, 0.25) is 0 Å². The van der Waals surface area contributed by atoms with Gasteiger partial charge < -0.3 is 4.57 Å². The molecule has 0 aliphatic carbocycles. The van der Waals surface area contributed by atoms with Crippen LogP contribution in [0.3, 0.4) is 0 Å². The van der Waals surface area contributed by atoms with Crippen molar-refractivity contribution in [1.29, 1.82) is 0 Å². The predicted molar refractivity (Wildman–Crippen MR) is 98.5 cm³/mol. The second-order valence-corrected chi connectivity index (χ2v) is 8.86. The van der Waals surface area contributed by atoms with Crippen molar-refractivity contribution in [2.24, 2.45) is 0 Å². The molecular formula is C19H14BrNS. The fraction of sp³-hybridized carbons (Fsp3) is 0.158. The lowest BCUT2D eigenvalue weighted by molar-refractivity contribution is 0.634. The number of benzene rings is 2. The summed E-state index contributed by atoms with van der Waals surface area (Å²) in [7, 11) is 0. The van der Waals surface area contributed by atoms with Crippen LogP contribution in [0, 0.1) is 0 Å². The number of hydrogen-bond acceptors (Lipinski definition) is 1. The summed E-state index contributed by atoms with van der Waals surface area (Å²) < 4.78 is 3.65.